The van der Waals surface area contributed by atoms with Crippen LogP contribution in [-0.4, -0.2) is 12.6 Å². The summed E-state index contributed by atoms with van der Waals surface area (Å²) in [6.45, 7) is 4.84. The summed E-state index contributed by atoms with van der Waals surface area (Å²) in [5, 5.41) is 0. The SMILES string of the molecule is CC(=CCCc1ccoc1)CCC=C(C)CCC1=CC(=O)OC1. The van der Waals surface area contributed by atoms with Crippen molar-refractivity contribution in [2.24, 2.45) is 0 Å². The van der Waals surface area contributed by atoms with Gasteiger partial charge in [-0.15, -0.1) is 0 Å². The van der Waals surface area contributed by atoms with Crippen molar-refractivity contribution in [1.29, 1.82) is 0 Å². The van der Waals surface area contributed by atoms with E-state index in [-0.39, 0.29) is 5.97 Å². The summed E-state index contributed by atoms with van der Waals surface area (Å²) < 4.78 is 9.98. The lowest BCUT2D eigenvalue weighted by atomic mass is 10.0. The van der Waals surface area contributed by atoms with Crippen LogP contribution in [0, 0.1) is 0 Å². The Balaban J connectivity index is 1.62. The van der Waals surface area contributed by atoms with Crippen molar-refractivity contribution in [3.8, 4) is 0 Å². The molecular formula is C20H26O3. The predicted octanol–water partition coefficient (Wildman–Crippen LogP) is 5.15. The summed E-state index contributed by atoms with van der Waals surface area (Å²) in [6, 6.07) is 2.02. The average Bonchev–Trinajstić information content (AvgIpc) is 3.17. The van der Waals surface area contributed by atoms with E-state index in [1.807, 2.05) is 12.3 Å². The van der Waals surface area contributed by atoms with Gasteiger partial charge in [-0.3, -0.25) is 0 Å². The fourth-order valence-electron chi connectivity index (χ4n) is 2.59. The Morgan fingerprint density at radius 1 is 1.13 bits per heavy atom. The molecule has 0 saturated heterocycles. The molecule has 0 amide bonds. The molecule has 1 aliphatic rings. The second-order valence-electron chi connectivity index (χ2n) is 6.22. The fraction of sp³-hybridized carbons (Fsp3) is 0.450. The first kappa shape index (κ1) is 17.3. The van der Waals surface area contributed by atoms with Gasteiger partial charge in [0.25, 0.3) is 0 Å². The molecule has 1 aliphatic heterocycles. The molecule has 0 atom stereocenters. The Bertz CT molecular complexity index is 588. The maximum Gasteiger partial charge on any atom is 0.331 e. The van der Waals surface area contributed by atoms with Gasteiger partial charge in [-0.2, -0.15) is 0 Å². The zero-order valence-electron chi connectivity index (χ0n) is 14.1. The minimum Gasteiger partial charge on any atom is -0.472 e. The predicted molar refractivity (Wildman–Crippen MR) is 92.1 cm³/mol. The van der Waals surface area contributed by atoms with E-state index in [4.69, 9.17) is 9.15 Å². The van der Waals surface area contributed by atoms with Gasteiger partial charge in [-0.25, -0.2) is 4.79 Å². The topological polar surface area (TPSA) is 39.4 Å². The van der Waals surface area contributed by atoms with Crippen LogP contribution in [0.25, 0.3) is 0 Å². The average molecular weight is 314 g/mol. The van der Waals surface area contributed by atoms with E-state index in [1.54, 1.807) is 12.3 Å². The lowest BCUT2D eigenvalue weighted by molar-refractivity contribution is -0.134. The van der Waals surface area contributed by atoms with Gasteiger partial charge in [0, 0.05) is 6.08 Å². The van der Waals surface area contributed by atoms with Crippen molar-refractivity contribution in [3.05, 3.63) is 59.1 Å². The molecule has 0 saturated carbocycles. The summed E-state index contributed by atoms with van der Waals surface area (Å²) in [5.74, 6) is -0.196. The molecule has 0 unspecified atom stereocenters. The Morgan fingerprint density at radius 3 is 2.61 bits per heavy atom. The van der Waals surface area contributed by atoms with Gasteiger partial charge >= 0.3 is 5.97 Å². The van der Waals surface area contributed by atoms with Crippen LogP contribution in [0.5, 0.6) is 0 Å². The lowest BCUT2D eigenvalue weighted by Gasteiger charge is -2.03. The number of furan rings is 1. The molecule has 1 aromatic rings. The first-order valence-corrected chi connectivity index (χ1v) is 8.32. The van der Waals surface area contributed by atoms with E-state index in [0.29, 0.717) is 6.61 Å². The Labute approximate surface area is 138 Å². The maximum absolute atomic E-state index is 11.0. The van der Waals surface area contributed by atoms with E-state index in [9.17, 15) is 4.79 Å². The molecule has 23 heavy (non-hydrogen) atoms. The molecule has 3 nitrogen and oxygen atoms in total. The van der Waals surface area contributed by atoms with Crippen LogP contribution in [0.1, 0.15) is 51.5 Å². The number of hydrogen-bond donors (Lipinski definition) is 0. The fourth-order valence-corrected chi connectivity index (χ4v) is 2.59. The molecule has 0 radical (unpaired) electrons. The number of ether oxygens (including phenoxy) is 1. The van der Waals surface area contributed by atoms with E-state index in [2.05, 4.69) is 26.0 Å². The summed E-state index contributed by atoms with van der Waals surface area (Å²) in [5.41, 5.74) is 5.19. The van der Waals surface area contributed by atoms with E-state index >= 15 is 0 Å². The summed E-state index contributed by atoms with van der Waals surface area (Å²) in [4.78, 5) is 11.0. The van der Waals surface area contributed by atoms with Crippen molar-refractivity contribution < 1.29 is 13.9 Å². The summed E-state index contributed by atoms with van der Waals surface area (Å²) >= 11 is 0. The van der Waals surface area contributed by atoms with Gasteiger partial charge in [0.2, 0.25) is 0 Å². The largest absolute Gasteiger partial charge is 0.472 e. The van der Waals surface area contributed by atoms with Gasteiger partial charge < -0.3 is 9.15 Å². The van der Waals surface area contributed by atoms with Gasteiger partial charge in [-0.05, 0) is 69.6 Å². The molecular weight excluding hydrogens is 288 g/mol. The van der Waals surface area contributed by atoms with Crippen molar-refractivity contribution in [3.63, 3.8) is 0 Å². The minimum absolute atomic E-state index is 0.196. The van der Waals surface area contributed by atoms with E-state index in [1.165, 1.54) is 16.7 Å². The number of aryl methyl sites for hydroxylation is 1. The number of cyclic esters (lactones) is 1. The molecule has 0 aromatic carbocycles. The molecule has 0 aliphatic carbocycles. The highest BCUT2D eigenvalue weighted by molar-refractivity contribution is 5.85. The van der Waals surface area contributed by atoms with Crippen LogP contribution in [0.4, 0.5) is 0 Å². The van der Waals surface area contributed by atoms with Crippen molar-refractivity contribution in [1.82, 2.24) is 0 Å². The van der Waals surface area contributed by atoms with Gasteiger partial charge in [0.15, 0.2) is 0 Å². The maximum atomic E-state index is 11.0. The van der Waals surface area contributed by atoms with Crippen LogP contribution in [-0.2, 0) is 16.0 Å². The minimum atomic E-state index is -0.196. The first-order valence-electron chi connectivity index (χ1n) is 8.32. The monoisotopic (exact) mass is 314 g/mol. The standard InChI is InChI=1S/C20H26O3/c1-16(7-4-8-18-11-12-22-14-18)5-3-6-17(2)9-10-19-13-20(21)23-15-19/h6-7,11-14H,3-5,8-10,15H2,1-2H3. The number of carbonyl (C=O) groups is 1. The quantitative estimate of drug-likeness (QED) is 0.467. The van der Waals surface area contributed by atoms with Crippen LogP contribution in [0.3, 0.4) is 0 Å². The number of allylic oxidation sites excluding steroid dienone is 4. The zero-order chi connectivity index (χ0) is 16.5. The number of hydrogen-bond acceptors (Lipinski definition) is 3. The van der Waals surface area contributed by atoms with Crippen molar-refractivity contribution in [2.75, 3.05) is 6.61 Å². The number of esters is 1. The van der Waals surface area contributed by atoms with Crippen LogP contribution in [0.15, 0.2) is 58.0 Å². The van der Waals surface area contributed by atoms with Crippen LogP contribution < -0.4 is 0 Å². The normalized spacial score (nSPS) is 15.7. The molecule has 0 bridgehead atoms. The molecule has 1 aromatic heterocycles. The summed E-state index contributed by atoms with van der Waals surface area (Å²) in [6.07, 6.45) is 16.0. The molecule has 2 heterocycles. The second-order valence-corrected chi connectivity index (χ2v) is 6.22. The van der Waals surface area contributed by atoms with Crippen molar-refractivity contribution >= 4 is 5.97 Å². The van der Waals surface area contributed by atoms with Crippen molar-refractivity contribution in [2.45, 2.75) is 52.4 Å². The van der Waals surface area contributed by atoms with Gasteiger partial charge in [0.05, 0.1) is 12.5 Å². The van der Waals surface area contributed by atoms with Gasteiger partial charge in [-0.1, -0.05) is 23.3 Å². The van der Waals surface area contributed by atoms with E-state index in [0.717, 1.165) is 44.1 Å². The third-order valence-corrected chi connectivity index (χ3v) is 4.10. The molecule has 0 N–H and O–H groups in total. The molecule has 0 fully saturated rings. The molecule has 3 heteroatoms. The highest BCUT2D eigenvalue weighted by Gasteiger charge is 2.11. The Hall–Kier alpha value is -2.03. The lowest BCUT2D eigenvalue weighted by Crippen LogP contribution is -1.92. The van der Waals surface area contributed by atoms with Crippen LogP contribution in [0.2, 0.25) is 0 Å². The molecule has 2 rings (SSSR count). The molecule has 0 spiro atoms. The zero-order valence-corrected chi connectivity index (χ0v) is 14.1. The highest BCUT2D eigenvalue weighted by atomic mass is 16.5. The van der Waals surface area contributed by atoms with Gasteiger partial charge in [0.1, 0.15) is 6.61 Å². The number of carbonyl (C=O) groups excluding carboxylic acids is 1. The smallest absolute Gasteiger partial charge is 0.331 e. The Kier molecular flexibility index (Phi) is 6.92. The van der Waals surface area contributed by atoms with Crippen LogP contribution >= 0.6 is 0 Å². The highest BCUT2D eigenvalue weighted by Crippen LogP contribution is 2.17. The first-order chi connectivity index (χ1) is 11.1. The molecule has 124 valence electrons. The second kappa shape index (κ2) is 9.19. The number of rotatable bonds is 9. The summed E-state index contributed by atoms with van der Waals surface area (Å²) in [7, 11) is 0. The third-order valence-electron chi connectivity index (χ3n) is 4.10. The van der Waals surface area contributed by atoms with E-state index < -0.39 is 0 Å². The Morgan fingerprint density at radius 2 is 1.91 bits per heavy atom. The third kappa shape index (κ3) is 6.72.